The van der Waals surface area contributed by atoms with Crippen molar-refractivity contribution in [1.29, 1.82) is 0 Å². The van der Waals surface area contributed by atoms with E-state index < -0.39 is 12.1 Å². The molecule has 2 aromatic carbocycles. The van der Waals surface area contributed by atoms with Gasteiger partial charge in [0.2, 0.25) is 0 Å². The van der Waals surface area contributed by atoms with Crippen molar-refractivity contribution in [1.82, 2.24) is 5.32 Å². The number of carbonyl (C=O) groups is 2. The van der Waals surface area contributed by atoms with Gasteiger partial charge in [0.1, 0.15) is 0 Å². The molecule has 26 heavy (non-hydrogen) atoms. The molecule has 1 amide bonds. The highest BCUT2D eigenvalue weighted by atomic mass is 35.5. The van der Waals surface area contributed by atoms with Gasteiger partial charge in [-0.25, -0.2) is 4.79 Å². The molecule has 6 heteroatoms. The summed E-state index contributed by atoms with van der Waals surface area (Å²) in [5, 5.41) is 3.54. The van der Waals surface area contributed by atoms with Crippen LogP contribution in [0.15, 0.2) is 54.6 Å². The quantitative estimate of drug-likeness (QED) is 0.789. The summed E-state index contributed by atoms with van der Waals surface area (Å²) < 4.78 is 10.3. The van der Waals surface area contributed by atoms with Gasteiger partial charge < -0.3 is 14.8 Å². The average Bonchev–Trinajstić information content (AvgIpc) is 3.21. The molecule has 1 aliphatic heterocycles. The van der Waals surface area contributed by atoms with Crippen molar-refractivity contribution in [3.63, 3.8) is 0 Å². The van der Waals surface area contributed by atoms with Crippen LogP contribution in [0.3, 0.4) is 0 Å². The van der Waals surface area contributed by atoms with Crippen LogP contribution in [-0.2, 0) is 19.1 Å². The lowest BCUT2D eigenvalue weighted by Crippen LogP contribution is -2.34. The van der Waals surface area contributed by atoms with Gasteiger partial charge in [-0.05, 0) is 36.1 Å². The first-order chi connectivity index (χ1) is 12.6. The Morgan fingerprint density at radius 3 is 2.46 bits per heavy atom. The number of hydrogen-bond donors (Lipinski definition) is 1. The number of rotatable bonds is 6. The van der Waals surface area contributed by atoms with Gasteiger partial charge in [-0.15, -0.1) is 0 Å². The third kappa shape index (κ3) is 4.84. The number of benzene rings is 2. The lowest BCUT2D eigenvalue weighted by Gasteiger charge is -2.20. The normalized spacial score (nSPS) is 17.5. The van der Waals surface area contributed by atoms with Gasteiger partial charge in [0, 0.05) is 11.6 Å². The second-order valence-electron chi connectivity index (χ2n) is 6.07. The summed E-state index contributed by atoms with van der Waals surface area (Å²) in [6.45, 7) is 0.216. The zero-order valence-electron chi connectivity index (χ0n) is 14.2. The number of ether oxygens (including phenoxy) is 2. The number of hydrogen-bond acceptors (Lipinski definition) is 4. The summed E-state index contributed by atoms with van der Waals surface area (Å²) in [6.07, 6.45) is 0.917. The summed E-state index contributed by atoms with van der Waals surface area (Å²) in [5.41, 5.74) is 1.81. The van der Waals surface area contributed by atoms with Crippen molar-refractivity contribution in [3.05, 3.63) is 70.7 Å². The zero-order valence-corrected chi connectivity index (χ0v) is 14.9. The van der Waals surface area contributed by atoms with Crippen molar-refractivity contribution in [2.45, 2.75) is 25.0 Å². The molecule has 1 fully saturated rings. The van der Waals surface area contributed by atoms with Crippen molar-refractivity contribution >= 4 is 23.5 Å². The van der Waals surface area contributed by atoms with E-state index in [1.165, 1.54) is 0 Å². The standard InChI is InChI=1S/C20H20ClNO4/c21-16-10-8-15(9-11-16)19(14-5-2-1-3-6-14)22-18(23)13-26-20(24)17-7-4-12-25-17/h1-3,5-6,8-11,17,19H,4,7,12-13H2,(H,22,23)/t17-,19+/m0/s1. The first-order valence-corrected chi connectivity index (χ1v) is 8.89. The number of esters is 1. The van der Waals surface area contributed by atoms with Gasteiger partial charge in [-0.2, -0.15) is 0 Å². The Hall–Kier alpha value is -2.37. The Bertz CT molecular complexity index is 742. The van der Waals surface area contributed by atoms with Gasteiger partial charge in [0.15, 0.2) is 12.7 Å². The molecule has 1 aliphatic rings. The smallest absolute Gasteiger partial charge is 0.335 e. The molecule has 1 N–H and O–H groups in total. The molecule has 0 spiro atoms. The van der Waals surface area contributed by atoms with E-state index in [4.69, 9.17) is 21.1 Å². The van der Waals surface area contributed by atoms with E-state index in [9.17, 15) is 9.59 Å². The summed E-state index contributed by atoms with van der Waals surface area (Å²) in [6, 6.07) is 16.5. The Morgan fingerprint density at radius 2 is 1.81 bits per heavy atom. The van der Waals surface area contributed by atoms with Crippen LogP contribution < -0.4 is 5.32 Å². The summed E-state index contributed by atoms with van der Waals surface area (Å²) in [4.78, 5) is 24.2. The molecule has 0 aromatic heterocycles. The van der Waals surface area contributed by atoms with Crippen LogP contribution >= 0.6 is 11.6 Å². The van der Waals surface area contributed by atoms with Gasteiger partial charge in [-0.1, -0.05) is 54.1 Å². The second-order valence-corrected chi connectivity index (χ2v) is 6.51. The maximum atomic E-state index is 12.3. The molecular formula is C20H20ClNO4. The highest BCUT2D eigenvalue weighted by molar-refractivity contribution is 6.30. The Morgan fingerprint density at radius 1 is 1.12 bits per heavy atom. The minimum Gasteiger partial charge on any atom is -0.454 e. The minimum absolute atomic E-state index is 0.338. The number of carbonyl (C=O) groups excluding carboxylic acids is 2. The van der Waals surface area contributed by atoms with E-state index >= 15 is 0 Å². The van der Waals surface area contributed by atoms with Crippen molar-refractivity contribution in [3.8, 4) is 0 Å². The zero-order chi connectivity index (χ0) is 18.4. The van der Waals surface area contributed by atoms with Crippen LogP contribution in [0.1, 0.15) is 30.0 Å². The average molecular weight is 374 g/mol. The van der Waals surface area contributed by atoms with Gasteiger partial charge >= 0.3 is 5.97 Å². The molecule has 3 rings (SSSR count). The fourth-order valence-corrected chi connectivity index (χ4v) is 2.98. The molecule has 0 saturated carbocycles. The van der Waals surface area contributed by atoms with Crippen LogP contribution in [0.25, 0.3) is 0 Å². The summed E-state index contributed by atoms with van der Waals surface area (Å²) in [5.74, 6) is -0.861. The molecule has 0 unspecified atom stereocenters. The Balaban J connectivity index is 1.66. The number of nitrogens with one attached hydrogen (secondary N) is 1. The topological polar surface area (TPSA) is 64.6 Å². The number of amides is 1. The van der Waals surface area contributed by atoms with E-state index in [1.807, 2.05) is 42.5 Å². The van der Waals surface area contributed by atoms with Crippen LogP contribution in [0, 0.1) is 0 Å². The van der Waals surface area contributed by atoms with Crippen molar-refractivity contribution in [2.24, 2.45) is 0 Å². The lowest BCUT2D eigenvalue weighted by atomic mass is 9.99. The van der Waals surface area contributed by atoms with E-state index in [1.54, 1.807) is 12.1 Å². The van der Waals surface area contributed by atoms with Gasteiger partial charge in [0.05, 0.1) is 6.04 Å². The largest absolute Gasteiger partial charge is 0.454 e. The van der Waals surface area contributed by atoms with Gasteiger partial charge in [0.25, 0.3) is 5.91 Å². The molecule has 2 atom stereocenters. The molecule has 2 aromatic rings. The van der Waals surface area contributed by atoms with Crippen LogP contribution in [-0.4, -0.2) is 31.2 Å². The third-order valence-corrected chi connectivity index (χ3v) is 4.43. The maximum absolute atomic E-state index is 12.3. The van der Waals surface area contributed by atoms with Crippen LogP contribution in [0.2, 0.25) is 5.02 Å². The first kappa shape index (κ1) is 18.4. The molecule has 1 saturated heterocycles. The van der Waals surface area contributed by atoms with Crippen molar-refractivity contribution in [2.75, 3.05) is 13.2 Å². The summed E-state index contributed by atoms with van der Waals surface area (Å²) in [7, 11) is 0. The highest BCUT2D eigenvalue weighted by Gasteiger charge is 2.26. The molecular weight excluding hydrogens is 354 g/mol. The molecule has 5 nitrogen and oxygen atoms in total. The Labute approximate surface area is 157 Å². The minimum atomic E-state index is -0.552. The van der Waals surface area contributed by atoms with Gasteiger partial charge in [-0.3, -0.25) is 4.79 Å². The molecule has 0 aliphatic carbocycles. The van der Waals surface area contributed by atoms with E-state index in [2.05, 4.69) is 5.32 Å². The maximum Gasteiger partial charge on any atom is 0.335 e. The van der Waals surface area contributed by atoms with E-state index in [0.29, 0.717) is 18.1 Å². The first-order valence-electron chi connectivity index (χ1n) is 8.51. The monoisotopic (exact) mass is 373 g/mol. The lowest BCUT2D eigenvalue weighted by molar-refractivity contribution is -0.157. The number of halogens is 1. The van der Waals surface area contributed by atoms with E-state index in [0.717, 1.165) is 17.5 Å². The second kappa shape index (κ2) is 8.83. The summed E-state index contributed by atoms with van der Waals surface area (Å²) >= 11 is 5.96. The third-order valence-electron chi connectivity index (χ3n) is 4.18. The highest BCUT2D eigenvalue weighted by Crippen LogP contribution is 2.23. The van der Waals surface area contributed by atoms with Crippen molar-refractivity contribution < 1.29 is 19.1 Å². The molecule has 0 bridgehead atoms. The van der Waals surface area contributed by atoms with E-state index in [-0.39, 0.29) is 18.6 Å². The predicted molar refractivity (Wildman–Crippen MR) is 97.8 cm³/mol. The SMILES string of the molecule is O=C(COC(=O)[C@@H]1CCCO1)N[C@H](c1ccccc1)c1ccc(Cl)cc1. The molecule has 0 radical (unpaired) electrons. The van der Waals surface area contributed by atoms with Crippen LogP contribution in [0.4, 0.5) is 0 Å². The molecule has 1 heterocycles. The molecule has 136 valence electrons. The Kier molecular flexibility index (Phi) is 6.26. The fraction of sp³-hybridized carbons (Fsp3) is 0.300. The fourth-order valence-electron chi connectivity index (χ4n) is 2.86. The van der Waals surface area contributed by atoms with Crippen LogP contribution in [0.5, 0.6) is 0 Å². The predicted octanol–water partition coefficient (Wildman–Crippen LogP) is 3.27.